The zero-order valence-electron chi connectivity index (χ0n) is 17.6. The Labute approximate surface area is 191 Å². The Bertz CT molecular complexity index is 1130. The molecule has 3 aromatic rings. The van der Waals surface area contributed by atoms with E-state index >= 15 is 0 Å². The van der Waals surface area contributed by atoms with Crippen LogP contribution >= 0.6 is 11.6 Å². The molecule has 0 unspecified atom stereocenters. The zero-order valence-corrected chi connectivity index (χ0v) is 18.4. The molecule has 0 amide bonds. The van der Waals surface area contributed by atoms with Gasteiger partial charge < -0.3 is 20.1 Å². The molecule has 4 rings (SSSR count). The zero-order chi connectivity index (χ0) is 22.5. The molecule has 0 fully saturated rings. The number of methoxy groups -OCH3 is 1. The van der Waals surface area contributed by atoms with Gasteiger partial charge in [-0.1, -0.05) is 17.7 Å². The minimum absolute atomic E-state index is 0.0133. The third kappa shape index (κ3) is 4.59. The maximum Gasteiger partial charge on any atom is 0.212 e. The van der Waals surface area contributed by atoms with Crippen molar-refractivity contribution in [2.45, 2.75) is 25.4 Å². The molecule has 0 aliphatic carbocycles. The van der Waals surface area contributed by atoms with Crippen LogP contribution < -0.4 is 15.0 Å². The fourth-order valence-electron chi connectivity index (χ4n) is 3.88. The fourth-order valence-corrected chi connectivity index (χ4v) is 4.05. The number of anilines is 2. The number of fused-ring (bicyclic) bond motifs is 1. The highest BCUT2D eigenvalue weighted by atomic mass is 35.5. The van der Waals surface area contributed by atoms with Gasteiger partial charge in [-0.2, -0.15) is 5.26 Å². The molecule has 9 heteroatoms. The molecular weight excluding hydrogens is 428 g/mol. The third-order valence-corrected chi connectivity index (χ3v) is 5.76. The van der Waals surface area contributed by atoms with E-state index in [0.29, 0.717) is 35.2 Å². The second-order valence-electron chi connectivity index (χ2n) is 7.44. The van der Waals surface area contributed by atoms with Crippen molar-refractivity contribution in [2.24, 2.45) is 0 Å². The third-order valence-electron chi connectivity index (χ3n) is 5.52. The quantitative estimate of drug-likeness (QED) is 0.563. The molecule has 1 aliphatic rings. The predicted molar refractivity (Wildman–Crippen MR) is 122 cm³/mol. The molecular formula is C23H23ClN6O2. The summed E-state index contributed by atoms with van der Waals surface area (Å²) in [6.07, 6.45) is 4.52. The van der Waals surface area contributed by atoms with Gasteiger partial charge in [0.15, 0.2) is 0 Å². The van der Waals surface area contributed by atoms with Crippen LogP contribution in [0.2, 0.25) is 5.02 Å². The van der Waals surface area contributed by atoms with Gasteiger partial charge in [0.2, 0.25) is 5.88 Å². The second-order valence-corrected chi connectivity index (χ2v) is 7.87. The normalized spacial score (nSPS) is 13.8. The number of rotatable bonds is 7. The van der Waals surface area contributed by atoms with Crippen LogP contribution in [0.5, 0.6) is 5.88 Å². The monoisotopic (exact) mass is 450 g/mol. The average Bonchev–Trinajstić information content (AvgIpc) is 2.83. The molecule has 1 atom stereocenters. The van der Waals surface area contributed by atoms with Crippen molar-refractivity contribution in [1.29, 1.82) is 5.26 Å². The van der Waals surface area contributed by atoms with Gasteiger partial charge in [-0.25, -0.2) is 15.0 Å². The minimum Gasteiger partial charge on any atom is -0.481 e. The largest absolute Gasteiger partial charge is 0.481 e. The molecule has 32 heavy (non-hydrogen) atoms. The summed E-state index contributed by atoms with van der Waals surface area (Å²) in [5.41, 5.74) is 4.24. The molecule has 8 nitrogen and oxygen atoms in total. The van der Waals surface area contributed by atoms with Crippen LogP contribution in [0.25, 0.3) is 0 Å². The molecule has 3 heterocycles. The summed E-state index contributed by atoms with van der Waals surface area (Å²) in [6, 6.07) is 11.1. The van der Waals surface area contributed by atoms with Crippen LogP contribution in [0, 0.1) is 11.3 Å². The van der Waals surface area contributed by atoms with Gasteiger partial charge in [-0.05, 0) is 30.2 Å². The SMILES string of the molecule is COc1ccc([C@@H](CCO)Nc2ncnc3c2CN(c2ccc(Cl)cc2C#N)CC3)cn1. The van der Waals surface area contributed by atoms with Crippen molar-refractivity contribution in [1.82, 2.24) is 15.0 Å². The van der Waals surface area contributed by atoms with Crippen LogP contribution in [0.3, 0.4) is 0 Å². The lowest BCUT2D eigenvalue weighted by molar-refractivity contribution is 0.279. The lowest BCUT2D eigenvalue weighted by Crippen LogP contribution is -2.32. The van der Waals surface area contributed by atoms with Gasteiger partial charge in [0.05, 0.1) is 30.1 Å². The second kappa shape index (κ2) is 9.81. The lowest BCUT2D eigenvalue weighted by Gasteiger charge is -2.32. The van der Waals surface area contributed by atoms with Crippen LogP contribution in [0.15, 0.2) is 42.9 Å². The summed E-state index contributed by atoms with van der Waals surface area (Å²) in [5, 5.41) is 23.2. The van der Waals surface area contributed by atoms with E-state index in [1.807, 2.05) is 12.1 Å². The van der Waals surface area contributed by atoms with E-state index in [-0.39, 0.29) is 12.6 Å². The number of nitrogens with one attached hydrogen (secondary N) is 1. The van der Waals surface area contributed by atoms with Crippen molar-refractivity contribution in [2.75, 3.05) is 30.5 Å². The van der Waals surface area contributed by atoms with Gasteiger partial charge in [-0.3, -0.25) is 0 Å². The summed E-state index contributed by atoms with van der Waals surface area (Å²) < 4.78 is 5.14. The number of nitrogens with zero attached hydrogens (tertiary/aromatic N) is 5. The molecule has 0 saturated heterocycles. The van der Waals surface area contributed by atoms with E-state index in [2.05, 4.69) is 31.2 Å². The standard InChI is InChI=1S/C23H23ClN6O2/c1-32-22-5-2-15(12-26-22)19(7-9-31)29-23-18-13-30(8-6-20(18)27-14-28-23)21-4-3-17(24)10-16(21)11-25/h2-5,10,12,14,19,31H,6-9,13H2,1H3,(H,27,28,29)/t19-/m1/s1. The summed E-state index contributed by atoms with van der Waals surface area (Å²) >= 11 is 6.07. The van der Waals surface area contributed by atoms with Crippen molar-refractivity contribution in [3.63, 3.8) is 0 Å². The van der Waals surface area contributed by atoms with Crippen LogP contribution in [-0.2, 0) is 13.0 Å². The van der Waals surface area contributed by atoms with Gasteiger partial charge in [0.25, 0.3) is 0 Å². The Kier molecular flexibility index (Phi) is 6.69. The fraction of sp³-hybridized carbons (Fsp3) is 0.304. The number of aliphatic hydroxyl groups is 1. The maximum absolute atomic E-state index is 9.62. The molecule has 2 aromatic heterocycles. The average molecular weight is 451 g/mol. The molecule has 1 aromatic carbocycles. The Morgan fingerprint density at radius 1 is 1.28 bits per heavy atom. The topological polar surface area (TPSA) is 107 Å². The molecule has 2 N–H and O–H groups in total. The Morgan fingerprint density at radius 3 is 2.88 bits per heavy atom. The molecule has 0 bridgehead atoms. The van der Waals surface area contributed by atoms with Gasteiger partial charge >= 0.3 is 0 Å². The first kappa shape index (κ1) is 21.8. The number of benzene rings is 1. The number of hydrogen-bond donors (Lipinski definition) is 2. The van der Waals surface area contributed by atoms with E-state index in [1.54, 1.807) is 37.8 Å². The van der Waals surface area contributed by atoms with Crippen molar-refractivity contribution in [3.05, 3.63) is 70.3 Å². The number of hydrogen-bond acceptors (Lipinski definition) is 8. The van der Waals surface area contributed by atoms with E-state index in [1.165, 1.54) is 0 Å². The number of aliphatic hydroxyl groups excluding tert-OH is 1. The van der Waals surface area contributed by atoms with Gasteiger partial charge in [0.1, 0.15) is 18.2 Å². The van der Waals surface area contributed by atoms with Crippen LogP contribution in [0.4, 0.5) is 11.5 Å². The highest BCUT2D eigenvalue weighted by Crippen LogP contribution is 2.32. The highest BCUT2D eigenvalue weighted by Gasteiger charge is 2.24. The number of pyridine rings is 1. The number of nitriles is 1. The first-order valence-electron chi connectivity index (χ1n) is 10.3. The number of ether oxygens (including phenoxy) is 1. The molecule has 0 spiro atoms. The molecule has 0 radical (unpaired) electrons. The van der Waals surface area contributed by atoms with E-state index < -0.39 is 0 Å². The van der Waals surface area contributed by atoms with Crippen molar-refractivity contribution >= 4 is 23.1 Å². The number of aromatic nitrogens is 3. The summed E-state index contributed by atoms with van der Waals surface area (Å²) in [6.45, 7) is 1.31. The predicted octanol–water partition coefficient (Wildman–Crippen LogP) is 3.50. The molecule has 0 saturated carbocycles. The van der Waals surface area contributed by atoms with Crippen molar-refractivity contribution < 1.29 is 9.84 Å². The van der Waals surface area contributed by atoms with Crippen molar-refractivity contribution in [3.8, 4) is 11.9 Å². The summed E-state index contributed by atoms with van der Waals surface area (Å²) in [5.74, 6) is 1.24. The Morgan fingerprint density at radius 2 is 2.16 bits per heavy atom. The smallest absolute Gasteiger partial charge is 0.212 e. The molecule has 164 valence electrons. The van der Waals surface area contributed by atoms with Crippen LogP contribution in [-0.4, -0.2) is 40.3 Å². The summed E-state index contributed by atoms with van der Waals surface area (Å²) in [7, 11) is 1.57. The van der Waals surface area contributed by atoms with Gasteiger partial charge in [0, 0.05) is 49.0 Å². The maximum atomic E-state index is 9.62. The van der Waals surface area contributed by atoms with Gasteiger partial charge in [-0.15, -0.1) is 0 Å². The Balaban J connectivity index is 1.63. The molecule has 1 aliphatic heterocycles. The Hall–Kier alpha value is -3.41. The number of halogens is 1. The lowest BCUT2D eigenvalue weighted by atomic mass is 10.0. The first-order chi connectivity index (χ1) is 15.6. The van der Waals surface area contributed by atoms with E-state index in [0.717, 1.165) is 35.5 Å². The highest BCUT2D eigenvalue weighted by molar-refractivity contribution is 6.30. The van der Waals surface area contributed by atoms with E-state index in [4.69, 9.17) is 16.3 Å². The minimum atomic E-state index is -0.182. The van der Waals surface area contributed by atoms with Crippen LogP contribution in [0.1, 0.15) is 34.8 Å². The van der Waals surface area contributed by atoms with E-state index in [9.17, 15) is 10.4 Å². The first-order valence-corrected chi connectivity index (χ1v) is 10.7. The summed E-state index contributed by atoms with van der Waals surface area (Å²) in [4.78, 5) is 15.4.